The Morgan fingerprint density at radius 1 is 1.14 bits per heavy atom. The number of hydrogen-bond donors (Lipinski definition) is 3. The molecular weight excluding hydrogens is 282 g/mol. The predicted octanol–water partition coefficient (Wildman–Crippen LogP) is 1.63. The van der Waals surface area contributed by atoms with E-state index in [2.05, 4.69) is 9.97 Å². The second kappa shape index (κ2) is 5.79. The van der Waals surface area contributed by atoms with Gasteiger partial charge in [0.15, 0.2) is 0 Å². The van der Waals surface area contributed by atoms with E-state index >= 15 is 0 Å². The highest BCUT2D eigenvalue weighted by Gasteiger charge is 2.07. The second-order valence-electron chi connectivity index (χ2n) is 4.84. The summed E-state index contributed by atoms with van der Waals surface area (Å²) < 4.78 is 0. The van der Waals surface area contributed by atoms with Gasteiger partial charge in [0, 0.05) is 12.0 Å². The summed E-state index contributed by atoms with van der Waals surface area (Å²) >= 11 is 0. The van der Waals surface area contributed by atoms with Gasteiger partial charge in [0.2, 0.25) is 0 Å². The van der Waals surface area contributed by atoms with Gasteiger partial charge in [0.1, 0.15) is 5.69 Å². The van der Waals surface area contributed by atoms with Crippen molar-refractivity contribution in [3.8, 4) is 0 Å². The van der Waals surface area contributed by atoms with Crippen LogP contribution in [0, 0.1) is 0 Å². The molecule has 0 radical (unpaired) electrons. The molecule has 0 bridgehead atoms. The van der Waals surface area contributed by atoms with Gasteiger partial charge in [-0.05, 0) is 29.8 Å². The third kappa shape index (κ3) is 2.72. The van der Waals surface area contributed by atoms with Crippen molar-refractivity contribution in [3.05, 3.63) is 75.7 Å². The first-order chi connectivity index (χ1) is 10.7. The van der Waals surface area contributed by atoms with Gasteiger partial charge in [0.25, 0.3) is 11.5 Å². The van der Waals surface area contributed by atoms with Crippen LogP contribution >= 0.6 is 0 Å². The van der Waals surface area contributed by atoms with E-state index < -0.39 is 5.91 Å². The quantitative estimate of drug-likeness (QED) is 0.505. The molecule has 6 nitrogen and oxygen atoms in total. The van der Waals surface area contributed by atoms with Gasteiger partial charge < -0.3 is 4.98 Å². The molecule has 3 aromatic rings. The zero-order valence-electron chi connectivity index (χ0n) is 11.5. The average Bonchev–Trinajstić information content (AvgIpc) is 2.55. The van der Waals surface area contributed by atoms with Crippen molar-refractivity contribution < 1.29 is 10.0 Å². The van der Waals surface area contributed by atoms with Crippen LogP contribution in [0.3, 0.4) is 0 Å². The Kier molecular flexibility index (Phi) is 3.67. The average molecular weight is 295 g/mol. The SMILES string of the molecule is O=C(NO)c1ccc(Cc2nc3ccccc3[nH]c2=O)cc1. The topological polar surface area (TPSA) is 95.1 Å². The minimum absolute atomic E-state index is 0.226. The summed E-state index contributed by atoms with van der Waals surface area (Å²) in [7, 11) is 0. The number of aromatic amines is 1. The third-order valence-corrected chi connectivity index (χ3v) is 3.36. The van der Waals surface area contributed by atoms with Crippen LogP contribution in [0.4, 0.5) is 0 Å². The highest BCUT2D eigenvalue weighted by Crippen LogP contribution is 2.10. The van der Waals surface area contributed by atoms with Gasteiger partial charge in [-0.2, -0.15) is 0 Å². The smallest absolute Gasteiger partial charge is 0.274 e. The Balaban J connectivity index is 1.91. The lowest BCUT2D eigenvalue weighted by atomic mass is 10.1. The first-order valence-corrected chi connectivity index (χ1v) is 6.68. The lowest BCUT2D eigenvalue weighted by Gasteiger charge is -2.04. The van der Waals surface area contributed by atoms with Gasteiger partial charge in [-0.25, -0.2) is 10.5 Å². The molecule has 0 saturated heterocycles. The van der Waals surface area contributed by atoms with Crippen LogP contribution in [0.25, 0.3) is 11.0 Å². The molecule has 3 rings (SSSR count). The first kappa shape index (κ1) is 14.0. The molecule has 22 heavy (non-hydrogen) atoms. The van der Waals surface area contributed by atoms with Gasteiger partial charge in [0.05, 0.1) is 11.0 Å². The van der Waals surface area contributed by atoms with E-state index in [1.165, 1.54) is 0 Å². The van der Waals surface area contributed by atoms with Crippen molar-refractivity contribution >= 4 is 16.9 Å². The van der Waals surface area contributed by atoms with E-state index in [0.717, 1.165) is 11.1 Å². The first-order valence-electron chi connectivity index (χ1n) is 6.68. The fraction of sp³-hybridized carbons (Fsp3) is 0.0625. The summed E-state index contributed by atoms with van der Waals surface area (Å²) in [6, 6.07) is 13.9. The Morgan fingerprint density at radius 2 is 1.86 bits per heavy atom. The fourth-order valence-electron chi connectivity index (χ4n) is 2.22. The molecule has 0 spiro atoms. The van der Waals surface area contributed by atoms with Crippen LogP contribution in [-0.4, -0.2) is 21.1 Å². The van der Waals surface area contributed by atoms with E-state index in [1.54, 1.807) is 35.8 Å². The number of nitrogens with one attached hydrogen (secondary N) is 2. The summed E-state index contributed by atoms with van der Waals surface area (Å²) in [5.74, 6) is -0.576. The summed E-state index contributed by atoms with van der Waals surface area (Å²) in [5.41, 5.74) is 4.38. The third-order valence-electron chi connectivity index (χ3n) is 3.36. The van der Waals surface area contributed by atoms with Crippen molar-refractivity contribution in [2.45, 2.75) is 6.42 Å². The number of para-hydroxylation sites is 2. The van der Waals surface area contributed by atoms with Crippen molar-refractivity contribution in [2.75, 3.05) is 0 Å². The van der Waals surface area contributed by atoms with Gasteiger partial charge in [-0.3, -0.25) is 14.8 Å². The van der Waals surface area contributed by atoms with Crippen LogP contribution in [-0.2, 0) is 6.42 Å². The molecule has 0 aliphatic heterocycles. The molecule has 1 amide bonds. The van der Waals surface area contributed by atoms with Gasteiger partial charge >= 0.3 is 0 Å². The molecule has 0 aliphatic carbocycles. The Morgan fingerprint density at radius 3 is 2.59 bits per heavy atom. The molecule has 2 aromatic carbocycles. The molecule has 1 aromatic heterocycles. The summed E-state index contributed by atoms with van der Waals surface area (Å²) in [6.45, 7) is 0. The van der Waals surface area contributed by atoms with Crippen LogP contribution in [0.1, 0.15) is 21.6 Å². The number of hydroxylamine groups is 1. The number of aromatic nitrogens is 2. The number of carbonyl (C=O) groups excluding carboxylic acids is 1. The zero-order valence-corrected chi connectivity index (χ0v) is 11.5. The largest absolute Gasteiger partial charge is 0.319 e. The monoisotopic (exact) mass is 295 g/mol. The Hall–Kier alpha value is -2.99. The fourth-order valence-corrected chi connectivity index (χ4v) is 2.22. The van der Waals surface area contributed by atoms with Crippen LogP contribution in [0.5, 0.6) is 0 Å². The molecule has 0 fully saturated rings. The summed E-state index contributed by atoms with van der Waals surface area (Å²) in [4.78, 5) is 30.5. The van der Waals surface area contributed by atoms with E-state index in [4.69, 9.17) is 5.21 Å². The normalized spacial score (nSPS) is 10.6. The maximum absolute atomic E-state index is 12.0. The molecule has 0 atom stereocenters. The number of amides is 1. The summed E-state index contributed by atoms with van der Waals surface area (Å²) in [5, 5.41) is 8.57. The van der Waals surface area contributed by atoms with Crippen LogP contribution in [0.2, 0.25) is 0 Å². The van der Waals surface area contributed by atoms with Gasteiger partial charge in [-0.1, -0.05) is 24.3 Å². The number of fused-ring (bicyclic) bond motifs is 1. The number of benzene rings is 2. The summed E-state index contributed by atoms with van der Waals surface area (Å²) in [6.07, 6.45) is 0.362. The highest BCUT2D eigenvalue weighted by molar-refractivity contribution is 5.93. The number of carbonyl (C=O) groups is 1. The van der Waals surface area contributed by atoms with Gasteiger partial charge in [-0.15, -0.1) is 0 Å². The van der Waals surface area contributed by atoms with Crippen LogP contribution in [0.15, 0.2) is 53.3 Å². The molecule has 3 N–H and O–H groups in total. The Labute approximate surface area is 125 Å². The molecule has 0 aliphatic rings. The molecular formula is C16H13N3O3. The van der Waals surface area contributed by atoms with Crippen molar-refractivity contribution in [3.63, 3.8) is 0 Å². The lowest BCUT2D eigenvalue weighted by Crippen LogP contribution is -2.18. The maximum atomic E-state index is 12.0. The van der Waals surface area contributed by atoms with E-state index in [9.17, 15) is 9.59 Å². The highest BCUT2D eigenvalue weighted by atomic mass is 16.5. The standard InChI is InChI=1S/C16H13N3O3/c20-15(19-22)11-7-5-10(6-8-11)9-14-16(21)18-13-4-2-1-3-12(13)17-14/h1-8,22H,9H2,(H,18,21)(H,19,20). The molecule has 110 valence electrons. The number of hydrogen-bond acceptors (Lipinski definition) is 4. The maximum Gasteiger partial charge on any atom is 0.274 e. The molecule has 0 saturated carbocycles. The number of H-pyrrole nitrogens is 1. The predicted molar refractivity (Wildman–Crippen MR) is 80.9 cm³/mol. The number of nitrogens with zero attached hydrogens (tertiary/aromatic N) is 1. The van der Waals surface area contributed by atoms with E-state index in [1.807, 2.05) is 18.2 Å². The molecule has 0 unspecified atom stereocenters. The van der Waals surface area contributed by atoms with E-state index in [0.29, 0.717) is 23.2 Å². The number of rotatable bonds is 3. The zero-order chi connectivity index (χ0) is 15.5. The van der Waals surface area contributed by atoms with Crippen molar-refractivity contribution in [2.24, 2.45) is 0 Å². The molecule has 1 heterocycles. The van der Waals surface area contributed by atoms with Crippen molar-refractivity contribution in [1.82, 2.24) is 15.4 Å². The lowest BCUT2D eigenvalue weighted by molar-refractivity contribution is 0.0706. The molecule has 6 heteroatoms. The minimum atomic E-state index is -0.576. The Bertz CT molecular complexity index is 885. The minimum Gasteiger partial charge on any atom is -0.319 e. The van der Waals surface area contributed by atoms with Crippen molar-refractivity contribution in [1.29, 1.82) is 0 Å². The van der Waals surface area contributed by atoms with E-state index in [-0.39, 0.29) is 5.56 Å². The van der Waals surface area contributed by atoms with Crippen LogP contribution < -0.4 is 11.0 Å². The second-order valence-corrected chi connectivity index (χ2v) is 4.84.